The Labute approximate surface area is 111 Å². The molecule has 106 valence electrons. The second-order valence-electron chi connectivity index (χ2n) is 3.97. The highest BCUT2D eigenvalue weighted by Crippen LogP contribution is 2.32. The Bertz CT molecular complexity index is 596. The minimum Gasteiger partial charge on any atom is -0.464 e. The standard InChI is InChI=1S/C12H9F3N2O3/c1-20-11(19)9-6-10(18)17(16-9)8-4-2-3-7(5-8)12(13,14)15/h2-5H,6H2,1H3. The van der Waals surface area contributed by atoms with Crippen LogP contribution in [0.5, 0.6) is 0 Å². The number of amides is 1. The van der Waals surface area contributed by atoms with Gasteiger partial charge in [-0.05, 0) is 18.2 Å². The normalized spacial score (nSPS) is 15.3. The minimum atomic E-state index is -4.52. The van der Waals surface area contributed by atoms with E-state index in [0.29, 0.717) is 0 Å². The molecule has 8 heteroatoms. The Kier molecular flexibility index (Phi) is 3.47. The van der Waals surface area contributed by atoms with Crippen LogP contribution in [0.1, 0.15) is 12.0 Å². The molecule has 1 aliphatic rings. The van der Waals surface area contributed by atoms with Crippen LogP contribution in [0.25, 0.3) is 0 Å². The zero-order chi connectivity index (χ0) is 14.9. The highest BCUT2D eigenvalue weighted by atomic mass is 19.4. The molecule has 0 saturated carbocycles. The first-order chi connectivity index (χ1) is 9.32. The summed E-state index contributed by atoms with van der Waals surface area (Å²) >= 11 is 0. The van der Waals surface area contributed by atoms with E-state index < -0.39 is 23.6 Å². The number of nitrogens with zero attached hydrogens (tertiary/aromatic N) is 2. The van der Waals surface area contributed by atoms with Gasteiger partial charge < -0.3 is 4.74 Å². The summed E-state index contributed by atoms with van der Waals surface area (Å²) < 4.78 is 42.2. The Balaban J connectivity index is 2.35. The number of ether oxygens (including phenoxy) is 1. The van der Waals surface area contributed by atoms with Gasteiger partial charge in [0.1, 0.15) is 0 Å². The lowest BCUT2D eigenvalue weighted by molar-refractivity contribution is -0.137. The molecule has 0 unspecified atom stereocenters. The molecule has 1 aliphatic heterocycles. The summed E-state index contributed by atoms with van der Waals surface area (Å²) in [5.41, 5.74) is -1.09. The van der Waals surface area contributed by atoms with E-state index in [1.54, 1.807) is 0 Å². The van der Waals surface area contributed by atoms with Gasteiger partial charge in [0.2, 0.25) is 0 Å². The molecule has 0 aliphatic carbocycles. The Morgan fingerprint density at radius 3 is 2.70 bits per heavy atom. The third-order valence-electron chi connectivity index (χ3n) is 2.61. The Morgan fingerprint density at radius 2 is 2.10 bits per heavy atom. The van der Waals surface area contributed by atoms with E-state index >= 15 is 0 Å². The van der Waals surface area contributed by atoms with Crippen molar-refractivity contribution in [3.63, 3.8) is 0 Å². The first-order valence-corrected chi connectivity index (χ1v) is 5.49. The lowest BCUT2D eigenvalue weighted by Gasteiger charge is -2.14. The van der Waals surface area contributed by atoms with E-state index in [4.69, 9.17) is 0 Å². The van der Waals surface area contributed by atoms with E-state index in [9.17, 15) is 22.8 Å². The van der Waals surface area contributed by atoms with E-state index in [-0.39, 0.29) is 17.8 Å². The predicted octanol–water partition coefficient (Wildman–Crippen LogP) is 1.97. The highest BCUT2D eigenvalue weighted by Gasteiger charge is 2.33. The SMILES string of the molecule is COC(=O)C1=NN(c2cccc(C(F)(F)F)c2)C(=O)C1. The van der Waals surface area contributed by atoms with Crippen LogP contribution in [0.2, 0.25) is 0 Å². The number of methoxy groups -OCH3 is 1. The summed E-state index contributed by atoms with van der Waals surface area (Å²) in [6, 6.07) is 4.14. The van der Waals surface area contributed by atoms with Gasteiger partial charge in [-0.15, -0.1) is 0 Å². The van der Waals surface area contributed by atoms with Gasteiger partial charge in [-0.2, -0.15) is 23.3 Å². The topological polar surface area (TPSA) is 59.0 Å². The summed E-state index contributed by atoms with van der Waals surface area (Å²) in [6.07, 6.45) is -4.82. The molecule has 1 aromatic carbocycles. The molecule has 0 atom stereocenters. The van der Waals surface area contributed by atoms with Crippen LogP contribution < -0.4 is 5.01 Å². The van der Waals surface area contributed by atoms with Crippen LogP contribution in [0.4, 0.5) is 18.9 Å². The maximum atomic E-state index is 12.6. The number of hydrogen-bond donors (Lipinski definition) is 0. The van der Waals surface area contributed by atoms with E-state index in [0.717, 1.165) is 30.3 Å². The fourth-order valence-corrected chi connectivity index (χ4v) is 1.68. The fourth-order valence-electron chi connectivity index (χ4n) is 1.68. The zero-order valence-corrected chi connectivity index (χ0v) is 10.3. The van der Waals surface area contributed by atoms with Crippen molar-refractivity contribution < 1.29 is 27.5 Å². The van der Waals surface area contributed by atoms with Crippen molar-refractivity contribution >= 4 is 23.3 Å². The number of halogens is 3. The molecule has 0 aromatic heterocycles. The number of hydrogen-bond acceptors (Lipinski definition) is 4. The number of benzene rings is 1. The molecule has 1 amide bonds. The summed E-state index contributed by atoms with van der Waals surface area (Å²) in [4.78, 5) is 22.9. The first kappa shape index (κ1) is 14.0. The van der Waals surface area contributed by atoms with Crippen molar-refractivity contribution in [3.05, 3.63) is 29.8 Å². The first-order valence-electron chi connectivity index (χ1n) is 5.49. The van der Waals surface area contributed by atoms with Crippen LogP contribution in [-0.2, 0) is 20.5 Å². The van der Waals surface area contributed by atoms with E-state index in [2.05, 4.69) is 9.84 Å². The van der Waals surface area contributed by atoms with Crippen molar-refractivity contribution in [2.24, 2.45) is 5.10 Å². The molecule has 0 saturated heterocycles. The number of rotatable bonds is 2. The van der Waals surface area contributed by atoms with Crippen LogP contribution in [0, 0.1) is 0 Å². The van der Waals surface area contributed by atoms with E-state index in [1.165, 1.54) is 6.07 Å². The van der Waals surface area contributed by atoms with Crippen LogP contribution in [-0.4, -0.2) is 24.7 Å². The van der Waals surface area contributed by atoms with Gasteiger partial charge >= 0.3 is 12.1 Å². The van der Waals surface area contributed by atoms with Gasteiger partial charge in [0.25, 0.3) is 5.91 Å². The average Bonchev–Trinajstić information content (AvgIpc) is 2.79. The predicted molar refractivity (Wildman–Crippen MR) is 63.0 cm³/mol. The van der Waals surface area contributed by atoms with Crippen molar-refractivity contribution in [2.45, 2.75) is 12.6 Å². The van der Waals surface area contributed by atoms with Gasteiger partial charge in [-0.3, -0.25) is 4.79 Å². The van der Waals surface area contributed by atoms with Crippen molar-refractivity contribution in [1.82, 2.24) is 0 Å². The molecule has 0 fully saturated rings. The quantitative estimate of drug-likeness (QED) is 0.781. The van der Waals surface area contributed by atoms with Gasteiger partial charge in [-0.1, -0.05) is 6.07 Å². The van der Waals surface area contributed by atoms with Crippen molar-refractivity contribution in [3.8, 4) is 0 Å². The van der Waals surface area contributed by atoms with Crippen LogP contribution >= 0.6 is 0 Å². The highest BCUT2D eigenvalue weighted by molar-refractivity contribution is 6.42. The molecule has 2 rings (SSSR count). The monoisotopic (exact) mass is 286 g/mol. The second-order valence-corrected chi connectivity index (χ2v) is 3.97. The lowest BCUT2D eigenvalue weighted by Crippen LogP contribution is -2.20. The minimum absolute atomic E-state index is 0.0521. The van der Waals surface area contributed by atoms with Crippen molar-refractivity contribution in [1.29, 1.82) is 0 Å². The molecule has 0 spiro atoms. The van der Waals surface area contributed by atoms with Crippen molar-refractivity contribution in [2.75, 3.05) is 12.1 Å². The summed E-state index contributed by atoms with van der Waals surface area (Å²) in [5.74, 6) is -1.38. The summed E-state index contributed by atoms with van der Waals surface area (Å²) in [6.45, 7) is 0. The number of carbonyl (C=O) groups is 2. The fraction of sp³-hybridized carbons (Fsp3) is 0.250. The number of hydrazone groups is 1. The summed E-state index contributed by atoms with van der Waals surface area (Å²) in [5, 5.41) is 4.46. The number of anilines is 1. The van der Waals surface area contributed by atoms with Gasteiger partial charge in [-0.25, -0.2) is 4.79 Å². The molecule has 0 radical (unpaired) electrons. The molecule has 1 aromatic rings. The van der Waals surface area contributed by atoms with E-state index in [1.807, 2.05) is 0 Å². The maximum absolute atomic E-state index is 12.6. The molecule has 1 heterocycles. The third kappa shape index (κ3) is 2.63. The molecule has 20 heavy (non-hydrogen) atoms. The Morgan fingerprint density at radius 1 is 1.40 bits per heavy atom. The molecule has 0 N–H and O–H groups in total. The number of esters is 1. The molecule has 5 nitrogen and oxygen atoms in total. The van der Waals surface area contributed by atoms with Crippen LogP contribution in [0.3, 0.4) is 0 Å². The van der Waals surface area contributed by atoms with Crippen LogP contribution in [0.15, 0.2) is 29.4 Å². The molecule has 0 bridgehead atoms. The third-order valence-corrected chi connectivity index (χ3v) is 2.61. The van der Waals surface area contributed by atoms with Gasteiger partial charge in [0.05, 0.1) is 24.8 Å². The largest absolute Gasteiger partial charge is 0.464 e. The number of alkyl halides is 3. The lowest BCUT2D eigenvalue weighted by atomic mass is 10.2. The zero-order valence-electron chi connectivity index (χ0n) is 10.3. The molecular weight excluding hydrogens is 277 g/mol. The molecular formula is C12H9F3N2O3. The average molecular weight is 286 g/mol. The van der Waals surface area contributed by atoms with Gasteiger partial charge in [0, 0.05) is 0 Å². The van der Waals surface area contributed by atoms with Gasteiger partial charge in [0.15, 0.2) is 5.71 Å². The summed E-state index contributed by atoms with van der Waals surface area (Å²) in [7, 11) is 1.13. The smallest absolute Gasteiger partial charge is 0.416 e. The maximum Gasteiger partial charge on any atom is 0.416 e. The number of carbonyl (C=O) groups excluding carboxylic acids is 2. The second kappa shape index (κ2) is 4.95. The Hall–Kier alpha value is -2.38.